The van der Waals surface area contributed by atoms with E-state index in [0.717, 1.165) is 13.0 Å². The molecule has 0 radical (unpaired) electrons. The van der Waals surface area contributed by atoms with Crippen LogP contribution in [0.5, 0.6) is 0 Å². The molecule has 3 nitrogen and oxygen atoms in total. The molecular weight excluding hydrogens is 314 g/mol. The van der Waals surface area contributed by atoms with Gasteiger partial charge in [0, 0.05) is 51.3 Å². The monoisotopic (exact) mass is 337 g/mol. The van der Waals surface area contributed by atoms with Gasteiger partial charge in [0.25, 0.3) is 0 Å². The van der Waals surface area contributed by atoms with E-state index in [1.807, 2.05) is 0 Å². The maximum Gasteiger partial charge on any atom is 0.231 e. The molecule has 0 spiro atoms. The predicted molar refractivity (Wildman–Crippen MR) is 101 cm³/mol. The highest BCUT2D eigenvalue weighted by atomic mass is 28.3. The molecule has 0 aliphatic rings. The summed E-state index contributed by atoms with van der Waals surface area (Å²) in [7, 11) is -1.00. The van der Waals surface area contributed by atoms with Crippen molar-refractivity contribution in [3.05, 3.63) is 0 Å². The third-order valence-corrected chi connectivity index (χ3v) is 4.55. The Morgan fingerprint density at radius 2 is 1.58 bits per heavy atom. The van der Waals surface area contributed by atoms with Crippen LogP contribution in [0.15, 0.2) is 0 Å². The lowest BCUT2D eigenvalue weighted by molar-refractivity contribution is -0.126. The molecule has 0 N–H and O–H groups in total. The fourth-order valence-corrected chi connectivity index (χ4v) is 2.75. The molecule has 0 aromatic carbocycles. The number of hydrogen-bond donors (Lipinski definition) is 0. The number of ether oxygens (including phenoxy) is 1. The molecule has 0 aromatic heterocycles. The van der Waals surface area contributed by atoms with Crippen LogP contribution >= 0.6 is 0 Å². The molecule has 124 valence electrons. The van der Waals surface area contributed by atoms with Gasteiger partial charge in [-0.15, -0.1) is 6.42 Å². The highest BCUT2D eigenvalue weighted by molar-refractivity contribution is 6.76. The second-order valence-electron chi connectivity index (χ2n) is 6.08. The van der Waals surface area contributed by atoms with E-state index in [0.29, 0.717) is 13.2 Å². The number of nitrogens with zero attached hydrogens (tertiary/aromatic N) is 1. The lowest BCUT2D eigenvalue weighted by atomic mass is 10.5. The van der Waals surface area contributed by atoms with Crippen molar-refractivity contribution in [1.82, 2.24) is 4.90 Å². The smallest absolute Gasteiger partial charge is 0.231 e. The minimum absolute atomic E-state index is 0.138. The Balaban J connectivity index is 4.23. The van der Waals surface area contributed by atoms with E-state index in [1.165, 1.54) is 17.9 Å². The lowest BCUT2D eigenvalue weighted by Gasteiger charge is -2.16. The average Bonchev–Trinajstić information content (AvgIpc) is 2.49. The lowest BCUT2D eigenvalue weighted by Crippen LogP contribution is -2.27. The van der Waals surface area contributed by atoms with E-state index in [-0.39, 0.29) is 5.91 Å². The van der Waals surface area contributed by atoms with E-state index < -0.39 is 8.07 Å². The van der Waals surface area contributed by atoms with Gasteiger partial charge >= 0.3 is 0 Å². The minimum Gasteiger partial charge on any atom is -0.380 e. The van der Waals surface area contributed by atoms with Gasteiger partial charge < -0.3 is 4.74 Å². The third kappa shape index (κ3) is 14.4. The van der Waals surface area contributed by atoms with Gasteiger partial charge in [0.05, 0.1) is 13.2 Å². The van der Waals surface area contributed by atoms with E-state index in [2.05, 4.69) is 73.0 Å². The Labute approximate surface area is 147 Å². The summed E-state index contributed by atoms with van der Waals surface area (Å²) in [5.74, 6) is 19.4. The first-order valence-corrected chi connectivity index (χ1v) is 11.4. The molecule has 0 rings (SSSR count). The first kappa shape index (κ1) is 21.4. The summed E-state index contributed by atoms with van der Waals surface area (Å²) in [5, 5.41) is 0. The number of terminal acetylenes is 1. The topological polar surface area (TPSA) is 29.5 Å². The zero-order chi connectivity index (χ0) is 18.3. The zero-order valence-corrected chi connectivity index (χ0v) is 15.9. The third-order valence-electron chi connectivity index (χ3n) is 2.69. The van der Waals surface area contributed by atoms with Gasteiger partial charge in [0.2, 0.25) is 5.91 Å². The summed E-state index contributed by atoms with van der Waals surface area (Å²) in [6.07, 6.45) is 6.01. The molecule has 0 aromatic rings. The van der Waals surface area contributed by atoms with Crippen LogP contribution in [0.3, 0.4) is 0 Å². The van der Waals surface area contributed by atoms with Gasteiger partial charge in [-0.25, -0.2) is 0 Å². The maximum atomic E-state index is 11.5. The van der Waals surface area contributed by atoms with E-state index in [9.17, 15) is 4.79 Å². The summed E-state index contributed by atoms with van der Waals surface area (Å²) >= 11 is 0. The highest BCUT2D eigenvalue weighted by Crippen LogP contribution is 2.10. The standard InChI is InChI=1S/C20H23NO2Si/c1-6-7-8-9-10-11-12-13-15-21(20(2)22)16-18-23-17-14-19-24(3,4)5/h1H,14,16-19H2,2-5H3. The molecule has 24 heavy (non-hydrogen) atoms. The fourth-order valence-electron chi connectivity index (χ4n) is 1.54. The molecule has 0 aliphatic carbocycles. The predicted octanol–water partition coefficient (Wildman–Crippen LogP) is 2.18. The van der Waals surface area contributed by atoms with Crippen molar-refractivity contribution in [2.75, 3.05) is 19.8 Å². The molecular formula is C20H23NO2Si. The summed E-state index contributed by atoms with van der Waals surface area (Å²) in [5.41, 5.74) is 0. The number of carbonyl (C=O) groups excluding carboxylic acids is 1. The summed E-state index contributed by atoms with van der Waals surface area (Å²) in [4.78, 5) is 12.9. The van der Waals surface area contributed by atoms with Crippen LogP contribution < -0.4 is 0 Å². The molecule has 0 bridgehead atoms. The number of hydrogen-bond acceptors (Lipinski definition) is 2. The Bertz CT molecular complexity index is 695. The molecule has 0 heterocycles. The number of amides is 1. The van der Waals surface area contributed by atoms with Crippen molar-refractivity contribution in [1.29, 1.82) is 0 Å². The van der Waals surface area contributed by atoms with E-state index in [4.69, 9.17) is 11.2 Å². The molecule has 0 saturated heterocycles. The van der Waals surface area contributed by atoms with Gasteiger partial charge in [0.1, 0.15) is 0 Å². The van der Waals surface area contributed by atoms with Crippen molar-refractivity contribution in [3.63, 3.8) is 0 Å². The first-order valence-electron chi connectivity index (χ1n) is 7.69. The normalized spacial score (nSPS) is 8.62. The van der Waals surface area contributed by atoms with Crippen LogP contribution in [-0.2, 0) is 9.53 Å². The second kappa shape index (κ2) is 12.9. The van der Waals surface area contributed by atoms with Gasteiger partial charge in [0.15, 0.2) is 0 Å². The van der Waals surface area contributed by atoms with Gasteiger partial charge in [-0.2, -0.15) is 0 Å². The van der Waals surface area contributed by atoms with Crippen LogP contribution in [0.4, 0.5) is 0 Å². The number of carbonyl (C=O) groups is 1. The zero-order valence-electron chi connectivity index (χ0n) is 14.9. The van der Waals surface area contributed by atoms with E-state index >= 15 is 0 Å². The quantitative estimate of drug-likeness (QED) is 0.308. The second-order valence-corrected chi connectivity index (χ2v) is 11.7. The van der Waals surface area contributed by atoms with Crippen LogP contribution in [0, 0.1) is 59.8 Å². The van der Waals surface area contributed by atoms with Crippen molar-refractivity contribution < 1.29 is 9.53 Å². The van der Waals surface area contributed by atoms with Crippen molar-refractivity contribution >= 4 is 14.0 Å². The largest absolute Gasteiger partial charge is 0.380 e. The molecule has 0 unspecified atom stereocenters. The van der Waals surface area contributed by atoms with E-state index in [1.54, 1.807) is 0 Å². The van der Waals surface area contributed by atoms with Gasteiger partial charge in [-0.1, -0.05) is 25.7 Å². The first-order chi connectivity index (χ1) is 11.4. The molecule has 4 heteroatoms. The highest BCUT2D eigenvalue weighted by Gasteiger charge is 2.11. The molecule has 0 saturated carbocycles. The molecule has 1 amide bonds. The molecule has 0 atom stereocenters. The summed E-state index contributed by atoms with van der Waals surface area (Å²) < 4.78 is 5.56. The summed E-state index contributed by atoms with van der Waals surface area (Å²) in [6, 6.07) is 3.93. The van der Waals surface area contributed by atoms with Gasteiger partial charge in [-0.3, -0.25) is 9.69 Å². The van der Waals surface area contributed by atoms with Crippen LogP contribution in [0.25, 0.3) is 0 Å². The Hall–Kier alpha value is -2.55. The Morgan fingerprint density at radius 1 is 1.00 bits per heavy atom. The van der Waals surface area contributed by atoms with Crippen LogP contribution in [0.1, 0.15) is 13.3 Å². The molecule has 0 aliphatic heterocycles. The summed E-state index contributed by atoms with van der Waals surface area (Å²) in [6.45, 7) is 10.1. The maximum absolute atomic E-state index is 11.5. The SMILES string of the molecule is C#CC#CC#CC#CC#CN(CCOCCC[Si](C)(C)C)C(C)=O. The van der Waals surface area contributed by atoms with Crippen molar-refractivity contribution in [3.8, 4) is 59.8 Å². The van der Waals surface area contributed by atoms with Gasteiger partial charge in [-0.05, 0) is 30.1 Å². The Morgan fingerprint density at radius 3 is 2.12 bits per heavy atom. The minimum atomic E-state index is -1.00. The van der Waals surface area contributed by atoms with Crippen molar-refractivity contribution in [2.24, 2.45) is 0 Å². The van der Waals surface area contributed by atoms with Crippen LogP contribution in [-0.4, -0.2) is 38.6 Å². The Kier molecular flexibility index (Phi) is 11.6. The molecule has 0 fully saturated rings. The van der Waals surface area contributed by atoms with Crippen LogP contribution in [0.2, 0.25) is 25.7 Å². The van der Waals surface area contributed by atoms with Crippen molar-refractivity contribution in [2.45, 2.75) is 39.0 Å². The number of rotatable bonds is 7. The average molecular weight is 337 g/mol. The fraction of sp³-hybridized carbons (Fsp3) is 0.450.